The number of amides is 1. The van der Waals surface area contributed by atoms with E-state index < -0.39 is 0 Å². The molecule has 1 amide bonds. The van der Waals surface area contributed by atoms with Crippen molar-refractivity contribution in [3.63, 3.8) is 0 Å². The standard InChI is InChI=1S/C20H28N4O/c1-23-15-17(14-22-23)9-10-20(25)21-11-13-24-12-5-8-19(16-24)18-6-3-2-4-7-18/h2-4,6-7,14-15,19H,5,8-13,16H2,1H3,(H,21,25)/t19-/m0/s1. The quantitative estimate of drug-likeness (QED) is 0.842. The number of aryl methyl sites for hydroxylation is 2. The number of nitrogens with one attached hydrogen (secondary N) is 1. The lowest BCUT2D eigenvalue weighted by Crippen LogP contribution is -2.40. The van der Waals surface area contributed by atoms with Gasteiger partial charge in [0.05, 0.1) is 6.20 Å². The Balaban J connectivity index is 1.36. The SMILES string of the molecule is Cn1cc(CCC(=O)NCCN2CCC[C@H](c3ccccc3)C2)cn1. The van der Waals surface area contributed by atoms with Gasteiger partial charge >= 0.3 is 0 Å². The number of hydrogen-bond donors (Lipinski definition) is 1. The van der Waals surface area contributed by atoms with E-state index in [1.165, 1.54) is 18.4 Å². The number of nitrogens with zero attached hydrogens (tertiary/aromatic N) is 3. The largest absolute Gasteiger partial charge is 0.355 e. The molecule has 0 aliphatic carbocycles. The second kappa shape index (κ2) is 8.81. The maximum absolute atomic E-state index is 12.0. The van der Waals surface area contributed by atoms with Gasteiger partial charge in [0.25, 0.3) is 0 Å². The smallest absolute Gasteiger partial charge is 0.220 e. The van der Waals surface area contributed by atoms with Crippen molar-refractivity contribution >= 4 is 5.91 Å². The Morgan fingerprint density at radius 1 is 1.32 bits per heavy atom. The molecule has 0 unspecified atom stereocenters. The molecule has 1 fully saturated rings. The molecule has 0 saturated carbocycles. The van der Waals surface area contributed by atoms with Crippen LogP contribution < -0.4 is 5.32 Å². The average molecular weight is 340 g/mol. The molecule has 1 atom stereocenters. The van der Waals surface area contributed by atoms with E-state index in [1.807, 2.05) is 19.4 Å². The Bertz CT molecular complexity index is 667. The first-order valence-corrected chi connectivity index (χ1v) is 9.22. The minimum absolute atomic E-state index is 0.125. The number of piperidine rings is 1. The zero-order valence-electron chi connectivity index (χ0n) is 15.0. The highest BCUT2D eigenvalue weighted by Crippen LogP contribution is 2.26. The summed E-state index contributed by atoms with van der Waals surface area (Å²) >= 11 is 0. The maximum Gasteiger partial charge on any atom is 0.220 e. The fourth-order valence-corrected chi connectivity index (χ4v) is 3.56. The van der Waals surface area contributed by atoms with Crippen molar-refractivity contribution in [2.75, 3.05) is 26.2 Å². The van der Waals surface area contributed by atoms with E-state index >= 15 is 0 Å². The van der Waals surface area contributed by atoms with Crippen LogP contribution in [-0.2, 0) is 18.3 Å². The Labute approximate surface area is 150 Å². The third-order valence-electron chi connectivity index (χ3n) is 4.93. The first-order chi connectivity index (χ1) is 12.2. The third-order valence-corrected chi connectivity index (χ3v) is 4.93. The monoisotopic (exact) mass is 340 g/mol. The highest BCUT2D eigenvalue weighted by atomic mass is 16.1. The van der Waals surface area contributed by atoms with Crippen molar-refractivity contribution in [2.45, 2.75) is 31.6 Å². The fraction of sp³-hybridized carbons (Fsp3) is 0.500. The van der Waals surface area contributed by atoms with Crippen molar-refractivity contribution in [3.05, 3.63) is 53.9 Å². The van der Waals surface area contributed by atoms with Gasteiger partial charge in [0.15, 0.2) is 0 Å². The average Bonchev–Trinajstić information content (AvgIpc) is 3.06. The summed E-state index contributed by atoms with van der Waals surface area (Å²) in [6, 6.07) is 10.8. The second-order valence-corrected chi connectivity index (χ2v) is 6.92. The lowest BCUT2D eigenvalue weighted by atomic mass is 9.91. The van der Waals surface area contributed by atoms with Crippen LogP contribution in [0.2, 0.25) is 0 Å². The highest BCUT2D eigenvalue weighted by molar-refractivity contribution is 5.76. The molecular weight excluding hydrogens is 312 g/mol. The van der Waals surface area contributed by atoms with E-state index in [0.717, 1.165) is 38.2 Å². The van der Waals surface area contributed by atoms with Gasteiger partial charge in [-0.25, -0.2) is 0 Å². The van der Waals surface area contributed by atoms with Crippen LogP contribution in [0.25, 0.3) is 0 Å². The fourth-order valence-electron chi connectivity index (χ4n) is 3.56. The van der Waals surface area contributed by atoms with Crippen LogP contribution in [0.1, 0.15) is 36.3 Å². The molecule has 3 rings (SSSR count). The molecule has 2 aromatic rings. The van der Waals surface area contributed by atoms with E-state index in [9.17, 15) is 4.79 Å². The van der Waals surface area contributed by atoms with E-state index in [0.29, 0.717) is 12.3 Å². The molecule has 5 nitrogen and oxygen atoms in total. The number of likely N-dealkylation sites (tertiary alicyclic amines) is 1. The Kier molecular flexibility index (Phi) is 6.23. The van der Waals surface area contributed by atoms with Crippen molar-refractivity contribution in [1.29, 1.82) is 0 Å². The molecule has 1 aliphatic rings. The zero-order chi connectivity index (χ0) is 17.5. The van der Waals surface area contributed by atoms with Crippen LogP contribution in [0.15, 0.2) is 42.7 Å². The van der Waals surface area contributed by atoms with Gasteiger partial charge in [-0.2, -0.15) is 5.10 Å². The topological polar surface area (TPSA) is 50.2 Å². The molecule has 0 radical (unpaired) electrons. The number of carbonyl (C=O) groups is 1. The van der Waals surface area contributed by atoms with Crippen LogP contribution >= 0.6 is 0 Å². The van der Waals surface area contributed by atoms with Crippen molar-refractivity contribution in [2.24, 2.45) is 7.05 Å². The minimum atomic E-state index is 0.125. The normalized spacial score (nSPS) is 18.2. The van der Waals surface area contributed by atoms with Gasteiger partial charge in [-0.15, -0.1) is 0 Å². The summed E-state index contributed by atoms with van der Waals surface area (Å²) in [7, 11) is 1.89. The molecule has 0 spiro atoms. The lowest BCUT2D eigenvalue weighted by Gasteiger charge is -2.33. The predicted octanol–water partition coefficient (Wildman–Crippen LogP) is 2.35. The number of carbonyl (C=O) groups excluding carboxylic acids is 1. The molecular formula is C20H28N4O. The zero-order valence-corrected chi connectivity index (χ0v) is 15.0. The van der Waals surface area contributed by atoms with Crippen LogP contribution in [0.5, 0.6) is 0 Å². The second-order valence-electron chi connectivity index (χ2n) is 6.92. The van der Waals surface area contributed by atoms with Gasteiger partial charge < -0.3 is 10.2 Å². The van der Waals surface area contributed by atoms with E-state index in [-0.39, 0.29) is 5.91 Å². The van der Waals surface area contributed by atoms with Gasteiger partial charge in [-0.3, -0.25) is 9.48 Å². The lowest BCUT2D eigenvalue weighted by molar-refractivity contribution is -0.121. The summed E-state index contributed by atoms with van der Waals surface area (Å²) < 4.78 is 1.77. The summed E-state index contributed by atoms with van der Waals surface area (Å²) in [5.41, 5.74) is 2.55. The van der Waals surface area contributed by atoms with Crippen LogP contribution in [0.4, 0.5) is 0 Å². The van der Waals surface area contributed by atoms with Gasteiger partial charge in [-0.1, -0.05) is 30.3 Å². The Morgan fingerprint density at radius 2 is 2.16 bits per heavy atom. The number of benzene rings is 1. The van der Waals surface area contributed by atoms with Gasteiger partial charge in [-0.05, 0) is 42.9 Å². The molecule has 2 heterocycles. The number of hydrogen-bond acceptors (Lipinski definition) is 3. The molecule has 0 bridgehead atoms. The first kappa shape index (κ1) is 17.7. The maximum atomic E-state index is 12.0. The predicted molar refractivity (Wildman–Crippen MR) is 99.4 cm³/mol. The summed E-state index contributed by atoms with van der Waals surface area (Å²) in [5.74, 6) is 0.747. The molecule has 1 aromatic carbocycles. The van der Waals surface area contributed by atoms with Gasteiger partial charge in [0.2, 0.25) is 5.91 Å². The van der Waals surface area contributed by atoms with Gasteiger partial charge in [0.1, 0.15) is 0 Å². The molecule has 134 valence electrons. The van der Waals surface area contributed by atoms with E-state index in [1.54, 1.807) is 4.68 Å². The molecule has 5 heteroatoms. The molecule has 25 heavy (non-hydrogen) atoms. The van der Waals surface area contributed by atoms with Gasteiger partial charge in [0, 0.05) is 39.3 Å². The number of aromatic nitrogens is 2. The summed E-state index contributed by atoms with van der Waals surface area (Å²) in [6.45, 7) is 3.89. The van der Waals surface area contributed by atoms with E-state index in [2.05, 4.69) is 45.6 Å². The van der Waals surface area contributed by atoms with Crippen molar-refractivity contribution in [3.8, 4) is 0 Å². The van der Waals surface area contributed by atoms with Crippen molar-refractivity contribution < 1.29 is 4.79 Å². The van der Waals surface area contributed by atoms with E-state index in [4.69, 9.17) is 0 Å². The summed E-state index contributed by atoms with van der Waals surface area (Å²) in [6.07, 6.45) is 7.56. The van der Waals surface area contributed by atoms with Crippen LogP contribution in [-0.4, -0.2) is 46.8 Å². The summed E-state index contributed by atoms with van der Waals surface area (Å²) in [5, 5.41) is 7.18. The molecule has 1 N–H and O–H groups in total. The van der Waals surface area contributed by atoms with Crippen LogP contribution in [0, 0.1) is 0 Å². The summed E-state index contributed by atoms with van der Waals surface area (Å²) in [4.78, 5) is 14.5. The third kappa shape index (κ3) is 5.43. The molecule has 1 saturated heterocycles. The Morgan fingerprint density at radius 3 is 2.92 bits per heavy atom. The van der Waals surface area contributed by atoms with Crippen molar-refractivity contribution in [1.82, 2.24) is 20.0 Å². The highest BCUT2D eigenvalue weighted by Gasteiger charge is 2.20. The van der Waals surface area contributed by atoms with Crippen LogP contribution in [0.3, 0.4) is 0 Å². The molecule has 1 aliphatic heterocycles. The Hall–Kier alpha value is -2.14. The first-order valence-electron chi connectivity index (χ1n) is 9.22. The molecule has 1 aromatic heterocycles. The number of rotatable bonds is 7. The minimum Gasteiger partial charge on any atom is -0.355 e.